The molecule has 0 atom stereocenters. The van der Waals surface area contributed by atoms with Crippen molar-refractivity contribution >= 4 is 32.6 Å². The lowest BCUT2D eigenvalue weighted by Crippen LogP contribution is -2.15. The molecule has 53 heavy (non-hydrogen) atoms. The number of fused-ring (bicyclic) bond motifs is 10. The first-order chi connectivity index (χ1) is 25.8. The van der Waals surface area contributed by atoms with E-state index in [0.29, 0.717) is 0 Å². The SMILES string of the molecule is CC1(C)c2cc(-c3ccc4c(c3)C(C)(C)c3cc5c6ccccc6n(-c6ccccc6)c5cc3-4)ccc2-c2ccc(-c3ccc4ccccc4c3)cc21. The smallest absolute Gasteiger partial charge is 0.0547 e. The van der Waals surface area contributed by atoms with Gasteiger partial charge in [0.2, 0.25) is 0 Å². The second-order valence-electron chi connectivity index (χ2n) is 16.2. The quantitative estimate of drug-likeness (QED) is 0.175. The fraction of sp³-hybridized carbons (Fsp3) is 0.115. The zero-order chi connectivity index (χ0) is 35.6. The number of para-hydroxylation sites is 2. The van der Waals surface area contributed by atoms with Gasteiger partial charge in [-0.15, -0.1) is 0 Å². The molecule has 8 aromatic carbocycles. The van der Waals surface area contributed by atoms with Crippen molar-refractivity contribution in [1.29, 1.82) is 0 Å². The number of benzene rings is 8. The van der Waals surface area contributed by atoms with Crippen LogP contribution in [-0.2, 0) is 10.8 Å². The van der Waals surface area contributed by atoms with E-state index in [1.807, 2.05) is 0 Å². The van der Waals surface area contributed by atoms with Crippen molar-refractivity contribution in [2.24, 2.45) is 0 Å². The van der Waals surface area contributed by atoms with Gasteiger partial charge in [0.1, 0.15) is 0 Å². The van der Waals surface area contributed by atoms with Crippen molar-refractivity contribution in [3.8, 4) is 50.2 Å². The Bertz CT molecular complexity index is 2990. The van der Waals surface area contributed by atoms with Crippen LogP contribution in [0.15, 0.2) is 164 Å². The first-order valence-corrected chi connectivity index (χ1v) is 18.8. The van der Waals surface area contributed by atoms with Crippen LogP contribution in [-0.4, -0.2) is 4.57 Å². The van der Waals surface area contributed by atoms with Crippen LogP contribution in [0.4, 0.5) is 0 Å². The van der Waals surface area contributed by atoms with Gasteiger partial charge in [0, 0.05) is 27.3 Å². The van der Waals surface area contributed by atoms with Crippen molar-refractivity contribution in [2.45, 2.75) is 38.5 Å². The lowest BCUT2D eigenvalue weighted by atomic mass is 9.80. The van der Waals surface area contributed by atoms with Crippen LogP contribution in [0.2, 0.25) is 0 Å². The number of hydrogen-bond acceptors (Lipinski definition) is 0. The Hall–Kier alpha value is -6.18. The van der Waals surface area contributed by atoms with Gasteiger partial charge in [0.25, 0.3) is 0 Å². The molecule has 1 heterocycles. The molecule has 0 aliphatic heterocycles. The van der Waals surface area contributed by atoms with Crippen LogP contribution in [0, 0.1) is 0 Å². The standard InChI is InChI=1S/C52H39N/c1-51(2)45-27-35(34-19-18-32-12-8-9-13-33(32)26-34)20-23-39(45)40-24-21-36(28-46(40)51)37-22-25-41-43-31-50-44(30-48(43)52(3,4)47(41)29-37)42-16-10-11-17-49(42)53(50)38-14-6-5-7-15-38/h5-31H,1-4H3. The summed E-state index contributed by atoms with van der Waals surface area (Å²) < 4.78 is 2.43. The highest BCUT2D eigenvalue weighted by Crippen LogP contribution is 2.54. The molecule has 0 spiro atoms. The van der Waals surface area contributed by atoms with E-state index in [0.717, 1.165) is 0 Å². The number of rotatable bonds is 3. The second kappa shape index (κ2) is 10.7. The van der Waals surface area contributed by atoms with Crippen LogP contribution in [0.5, 0.6) is 0 Å². The third-order valence-corrected chi connectivity index (χ3v) is 12.6. The Balaban J connectivity index is 0.999. The molecule has 0 fully saturated rings. The van der Waals surface area contributed by atoms with Crippen molar-refractivity contribution in [3.05, 3.63) is 186 Å². The van der Waals surface area contributed by atoms with E-state index in [-0.39, 0.29) is 10.8 Å². The molecule has 1 aromatic heterocycles. The van der Waals surface area contributed by atoms with Crippen LogP contribution >= 0.6 is 0 Å². The summed E-state index contributed by atoms with van der Waals surface area (Å²) in [5.74, 6) is 0. The number of hydrogen-bond donors (Lipinski definition) is 0. The molecule has 0 radical (unpaired) electrons. The molecule has 11 rings (SSSR count). The highest BCUT2D eigenvalue weighted by atomic mass is 15.0. The summed E-state index contributed by atoms with van der Waals surface area (Å²) in [7, 11) is 0. The molecular formula is C52H39N. The van der Waals surface area contributed by atoms with E-state index in [1.165, 1.54) is 105 Å². The summed E-state index contributed by atoms with van der Waals surface area (Å²) in [6.07, 6.45) is 0. The number of aromatic nitrogens is 1. The summed E-state index contributed by atoms with van der Waals surface area (Å²) in [5, 5.41) is 5.17. The minimum atomic E-state index is -0.129. The lowest BCUT2D eigenvalue weighted by molar-refractivity contribution is 0.660. The molecule has 0 saturated heterocycles. The Morgan fingerprint density at radius 3 is 1.47 bits per heavy atom. The van der Waals surface area contributed by atoms with E-state index in [2.05, 4.69) is 196 Å². The first-order valence-electron chi connectivity index (χ1n) is 18.8. The summed E-state index contributed by atoms with van der Waals surface area (Å²) in [4.78, 5) is 0. The zero-order valence-electron chi connectivity index (χ0n) is 30.5. The molecule has 1 heteroatoms. The van der Waals surface area contributed by atoms with Gasteiger partial charge >= 0.3 is 0 Å². The fourth-order valence-electron chi connectivity index (χ4n) is 9.70. The van der Waals surface area contributed by atoms with Gasteiger partial charge in [0.15, 0.2) is 0 Å². The third-order valence-electron chi connectivity index (χ3n) is 12.6. The Kier molecular flexibility index (Phi) is 6.14. The molecule has 0 bridgehead atoms. The molecule has 0 N–H and O–H groups in total. The van der Waals surface area contributed by atoms with Crippen molar-refractivity contribution in [3.63, 3.8) is 0 Å². The Morgan fingerprint density at radius 2 is 0.830 bits per heavy atom. The highest BCUT2D eigenvalue weighted by molar-refractivity contribution is 6.11. The van der Waals surface area contributed by atoms with Gasteiger partial charge in [-0.2, -0.15) is 0 Å². The maximum atomic E-state index is 2.48. The first kappa shape index (κ1) is 30.4. The summed E-state index contributed by atoms with van der Waals surface area (Å²) >= 11 is 0. The van der Waals surface area contributed by atoms with Crippen molar-refractivity contribution in [1.82, 2.24) is 4.57 Å². The van der Waals surface area contributed by atoms with Crippen LogP contribution in [0.1, 0.15) is 49.9 Å². The van der Waals surface area contributed by atoms with Gasteiger partial charge in [-0.05, 0) is 132 Å². The van der Waals surface area contributed by atoms with E-state index >= 15 is 0 Å². The maximum absolute atomic E-state index is 2.48. The maximum Gasteiger partial charge on any atom is 0.0547 e. The van der Waals surface area contributed by atoms with Crippen molar-refractivity contribution < 1.29 is 0 Å². The molecule has 0 saturated carbocycles. The summed E-state index contributed by atoms with van der Waals surface area (Å²) in [6.45, 7) is 9.59. The monoisotopic (exact) mass is 677 g/mol. The third kappa shape index (κ3) is 4.25. The molecule has 9 aromatic rings. The molecule has 2 aliphatic carbocycles. The molecule has 0 amide bonds. The molecule has 0 unspecified atom stereocenters. The normalized spacial score (nSPS) is 14.7. The zero-order valence-corrected chi connectivity index (χ0v) is 30.5. The Labute approximate surface area is 310 Å². The minimum absolute atomic E-state index is 0.110. The molecule has 2 aliphatic rings. The van der Waals surface area contributed by atoms with E-state index in [9.17, 15) is 0 Å². The van der Waals surface area contributed by atoms with E-state index in [1.54, 1.807) is 0 Å². The summed E-state index contributed by atoms with van der Waals surface area (Å²) in [6, 6.07) is 61.4. The lowest BCUT2D eigenvalue weighted by Gasteiger charge is -2.23. The largest absolute Gasteiger partial charge is 0.309 e. The number of nitrogens with zero attached hydrogens (tertiary/aromatic N) is 1. The molecule has 1 nitrogen and oxygen atoms in total. The molecule has 252 valence electrons. The van der Waals surface area contributed by atoms with Gasteiger partial charge in [0.05, 0.1) is 11.0 Å². The summed E-state index contributed by atoms with van der Waals surface area (Å²) in [5.41, 5.74) is 19.6. The average molecular weight is 678 g/mol. The van der Waals surface area contributed by atoms with Gasteiger partial charge in [-0.1, -0.05) is 137 Å². The van der Waals surface area contributed by atoms with Crippen LogP contribution < -0.4 is 0 Å². The van der Waals surface area contributed by atoms with Gasteiger partial charge < -0.3 is 4.57 Å². The van der Waals surface area contributed by atoms with E-state index < -0.39 is 0 Å². The highest BCUT2D eigenvalue weighted by Gasteiger charge is 2.38. The van der Waals surface area contributed by atoms with Crippen LogP contribution in [0.25, 0.3) is 82.8 Å². The molecular weight excluding hydrogens is 639 g/mol. The topological polar surface area (TPSA) is 4.93 Å². The predicted octanol–water partition coefficient (Wildman–Crippen LogP) is 13.9. The Morgan fingerprint density at radius 1 is 0.340 bits per heavy atom. The predicted molar refractivity (Wildman–Crippen MR) is 224 cm³/mol. The second-order valence-corrected chi connectivity index (χ2v) is 16.2. The average Bonchev–Trinajstić information content (AvgIpc) is 3.73. The van der Waals surface area contributed by atoms with Gasteiger partial charge in [-0.3, -0.25) is 0 Å². The van der Waals surface area contributed by atoms with E-state index in [4.69, 9.17) is 0 Å². The van der Waals surface area contributed by atoms with Crippen LogP contribution in [0.3, 0.4) is 0 Å². The fourth-order valence-corrected chi connectivity index (χ4v) is 9.70. The minimum Gasteiger partial charge on any atom is -0.309 e. The van der Waals surface area contributed by atoms with Gasteiger partial charge in [-0.25, -0.2) is 0 Å². The van der Waals surface area contributed by atoms with Crippen molar-refractivity contribution in [2.75, 3.05) is 0 Å².